The summed E-state index contributed by atoms with van der Waals surface area (Å²) in [6.07, 6.45) is 1.09. The van der Waals surface area contributed by atoms with E-state index in [1.807, 2.05) is 25.3 Å². The molecule has 0 atom stereocenters. The molecule has 1 aromatic carbocycles. The van der Waals surface area contributed by atoms with Crippen LogP contribution >= 0.6 is 0 Å². The van der Waals surface area contributed by atoms with Gasteiger partial charge >= 0.3 is 5.97 Å². The number of ether oxygens (including phenoxy) is 1. The predicted octanol–water partition coefficient (Wildman–Crippen LogP) is 2.32. The largest absolute Gasteiger partial charge is 0.452 e. The molecule has 0 spiro atoms. The lowest BCUT2D eigenvalue weighted by atomic mass is 10.2. The smallest absolute Gasteiger partial charge is 0.340 e. The SMILES string of the molecule is CCn1c(C)cc(C(=O)OCC(=O)Nc2cccc(S(C)(=O)=O)c2)c1C. The molecule has 1 aromatic heterocycles. The molecule has 1 N–H and O–H groups in total. The number of rotatable bonds is 6. The number of aromatic nitrogens is 1. The molecule has 2 aromatic rings. The van der Waals surface area contributed by atoms with Gasteiger partial charge in [0.25, 0.3) is 5.91 Å². The first-order valence-electron chi connectivity index (χ1n) is 8.07. The zero-order valence-electron chi connectivity index (χ0n) is 15.2. The first-order valence-corrected chi connectivity index (χ1v) is 9.96. The summed E-state index contributed by atoms with van der Waals surface area (Å²) in [6, 6.07) is 7.61. The minimum Gasteiger partial charge on any atom is -0.452 e. The van der Waals surface area contributed by atoms with Crippen LogP contribution in [0.25, 0.3) is 0 Å². The minimum absolute atomic E-state index is 0.0966. The van der Waals surface area contributed by atoms with Crippen LogP contribution < -0.4 is 5.32 Å². The fourth-order valence-corrected chi connectivity index (χ4v) is 3.37. The number of anilines is 1. The highest BCUT2D eigenvalue weighted by Gasteiger charge is 2.17. The molecule has 2 rings (SSSR count). The first-order chi connectivity index (χ1) is 12.1. The summed E-state index contributed by atoms with van der Waals surface area (Å²) in [6.45, 7) is 5.98. The van der Waals surface area contributed by atoms with Gasteiger partial charge in [0.15, 0.2) is 16.4 Å². The Kier molecular flexibility index (Phi) is 5.86. The Morgan fingerprint density at radius 1 is 1.19 bits per heavy atom. The summed E-state index contributed by atoms with van der Waals surface area (Å²) in [7, 11) is -3.37. The molecule has 0 fully saturated rings. The molecule has 0 aliphatic carbocycles. The van der Waals surface area contributed by atoms with Crippen LogP contribution in [-0.2, 0) is 25.9 Å². The predicted molar refractivity (Wildman–Crippen MR) is 98.0 cm³/mol. The van der Waals surface area contributed by atoms with Crippen LogP contribution in [0.15, 0.2) is 35.2 Å². The van der Waals surface area contributed by atoms with E-state index in [2.05, 4.69) is 5.32 Å². The molecule has 26 heavy (non-hydrogen) atoms. The zero-order valence-corrected chi connectivity index (χ0v) is 16.0. The van der Waals surface area contributed by atoms with Crippen LogP contribution in [-0.4, -0.2) is 37.7 Å². The molecule has 7 nitrogen and oxygen atoms in total. The van der Waals surface area contributed by atoms with E-state index < -0.39 is 28.3 Å². The molecule has 0 saturated heterocycles. The number of nitrogens with zero attached hydrogens (tertiary/aromatic N) is 1. The number of carbonyl (C=O) groups excluding carboxylic acids is 2. The number of hydrogen-bond acceptors (Lipinski definition) is 5. The number of carbonyl (C=O) groups is 2. The van der Waals surface area contributed by atoms with Crippen molar-refractivity contribution in [2.24, 2.45) is 0 Å². The van der Waals surface area contributed by atoms with Crippen LogP contribution in [0.5, 0.6) is 0 Å². The molecule has 1 amide bonds. The van der Waals surface area contributed by atoms with Crippen LogP contribution in [0.2, 0.25) is 0 Å². The molecule has 0 radical (unpaired) electrons. The number of amides is 1. The van der Waals surface area contributed by atoms with E-state index in [1.165, 1.54) is 18.2 Å². The maximum Gasteiger partial charge on any atom is 0.340 e. The summed E-state index contributed by atoms with van der Waals surface area (Å²) in [4.78, 5) is 24.3. The second-order valence-corrected chi connectivity index (χ2v) is 7.97. The second-order valence-electron chi connectivity index (χ2n) is 5.95. The Balaban J connectivity index is 2.00. The van der Waals surface area contributed by atoms with Crippen molar-refractivity contribution < 1.29 is 22.7 Å². The van der Waals surface area contributed by atoms with E-state index in [-0.39, 0.29) is 4.90 Å². The number of hydrogen-bond donors (Lipinski definition) is 1. The van der Waals surface area contributed by atoms with Gasteiger partial charge in [-0.15, -0.1) is 0 Å². The average Bonchev–Trinajstić information content (AvgIpc) is 2.86. The van der Waals surface area contributed by atoms with Crippen molar-refractivity contribution in [3.05, 3.63) is 47.3 Å². The average molecular weight is 378 g/mol. The molecule has 0 aliphatic rings. The normalized spacial score (nSPS) is 11.2. The van der Waals surface area contributed by atoms with Gasteiger partial charge in [0.1, 0.15) is 0 Å². The van der Waals surface area contributed by atoms with E-state index in [4.69, 9.17) is 4.74 Å². The van der Waals surface area contributed by atoms with Crippen LogP contribution in [0.1, 0.15) is 28.7 Å². The summed E-state index contributed by atoms with van der Waals surface area (Å²) in [5.41, 5.74) is 2.48. The summed E-state index contributed by atoms with van der Waals surface area (Å²) >= 11 is 0. The van der Waals surface area contributed by atoms with E-state index >= 15 is 0 Å². The number of nitrogens with one attached hydrogen (secondary N) is 1. The van der Waals surface area contributed by atoms with Crippen LogP contribution in [0.4, 0.5) is 5.69 Å². The molecule has 0 bridgehead atoms. The van der Waals surface area contributed by atoms with Gasteiger partial charge in [0.2, 0.25) is 0 Å². The highest BCUT2D eigenvalue weighted by molar-refractivity contribution is 7.90. The van der Waals surface area contributed by atoms with E-state index in [9.17, 15) is 18.0 Å². The van der Waals surface area contributed by atoms with E-state index in [0.717, 1.165) is 24.2 Å². The maximum atomic E-state index is 12.2. The Bertz CT molecular complexity index is 944. The van der Waals surface area contributed by atoms with Crippen molar-refractivity contribution in [1.29, 1.82) is 0 Å². The molecular weight excluding hydrogens is 356 g/mol. The number of aryl methyl sites for hydroxylation is 1. The first kappa shape index (κ1) is 19.7. The van der Waals surface area contributed by atoms with Crippen LogP contribution in [0, 0.1) is 13.8 Å². The van der Waals surface area contributed by atoms with Crippen molar-refractivity contribution in [1.82, 2.24) is 4.57 Å². The third-order valence-electron chi connectivity index (χ3n) is 3.99. The van der Waals surface area contributed by atoms with Crippen molar-refractivity contribution in [2.45, 2.75) is 32.2 Å². The van der Waals surface area contributed by atoms with Gasteiger partial charge in [0.05, 0.1) is 10.5 Å². The lowest BCUT2D eigenvalue weighted by Crippen LogP contribution is -2.21. The van der Waals surface area contributed by atoms with Crippen molar-refractivity contribution >= 4 is 27.4 Å². The minimum atomic E-state index is -3.37. The van der Waals surface area contributed by atoms with Crippen LogP contribution in [0.3, 0.4) is 0 Å². The maximum absolute atomic E-state index is 12.2. The highest BCUT2D eigenvalue weighted by atomic mass is 32.2. The third-order valence-corrected chi connectivity index (χ3v) is 5.10. The molecule has 0 unspecified atom stereocenters. The van der Waals surface area contributed by atoms with Gasteiger partial charge in [-0.05, 0) is 45.0 Å². The fraction of sp³-hybridized carbons (Fsp3) is 0.333. The number of esters is 1. The molecule has 140 valence electrons. The second kappa shape index (κ2) is 7.74. The lowest BCUT2D eigenvalue weighted by molar-refractivity contribution is -0.119. The summed E-state index contributed by atoms with van der Waals surface area (Å²) in [5.74, 6) is -1.12. The van der Waals surface area contributed by atoms with Gasteiger partial charge in [0, 0.05) is 29.9 Å². The lowest BCUT2D eigenvalue weighted by Gasteiger charge is -2.08. The Morgan fingerprint density at radius 2 is 1.88 bits per heavy atom. The topological polar surface area (TPSA) is 94.5 Å². The third kappa shape index (κ3) is 4.51. The van der Waals surface area contributed by atoms with Crippen molar-refractivity contribution in [2.75, 3.05) is 18.2 Å². The molecule has 0 aliphatic heterocycles. The van der Waals surface area contributed by atoms with Crippen molar-refractivity contribution in [3.8, 4) is 0 Å². The number of sulfone groups is 1. The number of benzene rings is 1. The van der Waals surface area contributed by atoms with E-state index in [1.54, 1.807) is 12.1 Å². The van der Waals surface area contributed by atoms with Gasteiger partial charge in [-0.3, -0.25) is 4.79 Å². The molecule has 0 saturated carbocycles. The Morgan fingerprint density at radius 3 is 2.46 bits per heavy atom. The Labute approximate surface area is 152 Å². The van der Waals surface area contributed by atoms with Crippen molar-refractivity contribution in [3.63, 3.8) is 0 Å². The summed E-state index contributed by atoms with van der Waals surface area (Å²) in [5, 5.41) is 2.52. The fourth-order valence-electron chi connectivity index (χ4n) is 2.70. The van der Waals surface area contributed by atoms with Gasteiger partial charge < -0.3 is 14.6 Å². The van der Waals surface area contributed by atoms with Gasteiger partial charge in [-0.1, -0.05) is 6.07 Å². The van der Waals surface area contributed by atoms with E-state index in [0.29, 0.717) is 11.3 Å². The molecule has 1 heterocycles. The van der Waals surface area contributed by atoms with Gasteiger partial charge in [-0.2, -0.15) is 0 Å². The molecule has 8 heteroatoms. The quantitative estimate of drug-likeness (QED) is 0.779. The van der Waals surface area contributed by atoms with Gasteiger partial charge in [-0.25, -0.2) is 13.2 Å². The standard InChI is InChI=1S/C18H22N2O5S/c1-5-20-12(2)9-16(13(20)3)18(22)25-11-17(21)19-14-7-6-8-15(10-14)26(4,23)24/h6-10H,5,11H2,1-4H3,(H,19,21). The zero-order chi connectivity index (χ0) is 19.5. The Hall–Kier alpha value is -2.61. The monoisotopic (exact) mass is 378 g/mol. The highest BCUT2D eigenvalue weighted by Crippen LogP contribution is 2.17. The summed E-state index contributed by atoms with van der Waals surface area (Å²) < 4.78 is 30.1. The molecular formula is C18H22N2O5S.